The molecule has 0 fully saturated rings. The predicted molar refractivity (Wildman–Crippen MR) is 105 cm³/mol. The highest BCUT2D eigenvalue weighted by Gasteiger charge is 2.12. The number of aromatic nitrogens is 4. The highest BCUT2D eigenvalue weighted by molar-refractivity contribution is 6.04. The molecular formula is C20H20N6O. The summed E-state index contributed by atoms with van der Waals surface area (Å²) in [4.78, 5) is 22.3. The summed E-state index contributed by atoms with van der Waals surface area (Å²) in [6.45, 7) is 0.835. The number of fused-ring (bicyclic) bond motifs is 1. The molecule has 0 atom stereocenters. The molecule has 0 bridgehead atoms. The summed E-state index contributed by atoms with van der Waals surface area (Å²) in [6, 6.07) is 17.1. The SMILES string of the molecule is CN(C)Cc1ccc(C(=O)Nc2cc(-c3nc4ccccc4[nH]3)[nH]n2)cc1. The van der Waals surface area contributed by atoms with Gasteiger partial charge in [0, 0.05) is 18.2 Å². The van der Waals surface area contributed by atoms with E-state index in [0.29, 0.717) is 22.9 Å². The molecular weight excluding hydrogens is 340 g/mol. The second-order valence-corrected chi connectivity index (χ2v) is 6.66. The summed E-state index contributed by atoms with van der Waals surface area (Å²) < 4.78 is 0. The number of para-hydroxylation sites is 2. The van der Waals surface area contributed by atoms with Crippen molar-refractivity contribution >= 4 is 22.8 Å². The van der Waals surface area contributed by atoms with Crippen LogP contribution in [0.1, 0.15) is 15.9 Å². The van der Waals surface area contributed by atoms with E-state index in [1.807, 2.05) is 62.6 Å². The Kier molecular flexibility index (Phi) is 4.43. The number of benzene rings is 2. The smallest absolute Gasteiger partial charge is 0.256 e. The molecule has 0 saturated carbocycles. The number of nitrogens with zero attached hydrogens (tertiary/aromatic N) is 3. The standard InChI is InChI=1S/C20H20N6O/c1-26(2)12-13-7-9-14(10-8-13)20(27)23-18-11-17(24-25-18)19-21-15-5-3-4-6-16(15)22-19/h3-11H,12H2,1-2H3,(H,21,22)(H2,23,24,25,27). The lowest BCUT2D eigenvalue weighted by atomic mass is 10.1. The average molecular weight is 360 g/mol. The first-order chi connectivity index (χ1) is 13.1. The minimum Gasteiger partial charge on any atom is -0.337 e. The van der Waals surface area contributed by atoms with E-state index in [-0.39, 0.29) is 5.91 Å². The van der Waals surface area contributed by atoms with Crippen LogP contribution in [-0.2, 0) is 6.54 Å². The Labute approximate surface area is 156 Å². The number of H-pyrrole nitrogens is 2. The molecule has 0 unspecified atom stereocenters. The summed E-state index contributed by atoms with van der Waals surface area (Å²) in [5.74, 6) is 0.930. The van der Waals surface area contributed by atoms with E-state index in [2.05, 4.69) is 30.4 Å². The molecule has 2 aromatic carbocycles. The van der Waals surface area contributed by atoms with E-state index in [1.54, 1.807) is 6.07 Å². The maximum absolute atomic E-state index is 12.4. The zero-order chi connectivity index (χ0) is 18.8. The second kappa shape index (κ2) is 7.05. The first-order valence-corrected chi connectivity index (χ1v) is 8.64. The number of carbonyl (C=O) groups excluding carboxylic acids is 1. The molecule has 0 saturated heterocycles. The van der Waals surface area contributed by atoms with Crippen LogP contribution in [0.3, 0.4) is 0 Å². The zero-order valence-electron chi connectivity index (χ0n) is 15.2. The number of carbonyl (C=O) groups is 1. The Morgan fingerprint density at radius 3 is 2.63 bits per heavy atom. The van der Waals surface area contributed by atoms with Crippen LogP contribution in [0.2, 0.25) is 0 Å². The third-order valence-electron chi connectivity index (χ3n) is 4.18. The molecule has 4 aromatic rings. The molecule has 2 aromatic heterocycles. The minimum atomic E-state index is -0.200. The number of rotatable bonds is 5. The Morgan fingerprint density at radius 1 is 1.11 bits per heavy atom. The summed E-state index contributed by atoms with van der Waals surface area (Å²) in [6.07, 6.45) is 0. The zero-order valence-corrected chi connectivity index (χ0v) is 15.2. The van der Waals surface area contributed by atoms with Crippen LogP contribution in [0.4, 0.5) is 5.82 Å². The Balaban J connectivity index is 1.48. The van der Waals surface area contributed by atoms with Gasteiger partial charge in [-0.2, -0.15) is 5.10 Å². The van der Waals surface area contributed by atoms with Gasteiger partial charge in [0.1, 0.15) is 5.69 Å². The van der Waals surface area contributed by atoms with Crippen molar-refractivity contribution in [2.75, 3.05) is 19.4 Å². The van der Waals surface area contributed by atoms with Crippen molar-refractivity contribution in [2.24, 2.45) is 0 Å². The van der Waals surface area contributed by atoms with Crippen molar-refractivity contribution < 1.29 is 4.79 Å². The number of imidazole rings is 1. The lowest BCUT2D eigenvalue weighted by Crippen LogP contribution is -2.13. The molecule has 7 heteroatoms. The van der Waals surface area contributed by atoms with Gasteiger partial charge in [-0.1, -0.05) is 24.3 Å². The molecule has 0 aliphatic heterocycles. The molecule has 2 heterocycles. The number of hydrogen-bond donors (Lipinski definition) is 3. The summed E-state index contributed by atoms with van der Waals surface area (Å²) in [7, 11) is 4.02. The van der Waals surface area contributed by atoms with Crippen molar-refractivity contribution in [1.29, 1.82) is 0 Å². The third-order valence-corrected chi connectivity index (χ3v) is 4.18. The molecule has 0 aliphatic carbocycles. The van der Waals surface area contributed by atoms with Crippen molar-refractivity contribution in [3.8, 4) is 11.5 Å². The lowest BCUT2D eigenvalue weighted by Gasteiger charge is -2.09. The Hall–Kier alpha value is -3.45. The topological polar surface area (TPSA) is 89.7 Å². The van der Waals surface area contributed by atoms with E-state index in [1.165, 1.54) is 0 Å². The van der Waals surface area contributed by atoms with Gasteiger partial charge < -0.3 is 15.2 Å². The fraction of sp³-hybridized carbons (Fsp3) is 0.150. The number of hydrogen-bond acceptors (Lipinski definition) is 4. The monoisotopic (exact) mass is 360 g/mol. The van der Waals surface area contributed by atoms with Crippen LogP contribution in [0, 0.1) is 0 Å². The summed E-state index contributed by atoms with van der Waals surface area (Å²) in [5, 5.41) is 9.88. The van der Waals surface area contributed by atoms with E-state index in [4.69, 9.17) is 0 Å². The van der Waals surface area contributed by atoms with Gasteiger partial charge in [-0.15, -0.1) is 0 Å². The molecule has 0 spiro atoms. The van der Waals surface area contributed by atoms with Gasteiger partial charge in [0.2, 0.25) is 0 Å². The van der Waals surface area contributed by atoms with E-state index in [0.717, 1.165) is 23.1 Å². The van der Waals surface area contributed by atoms with Crippen molar-refractivity contribution in [3.05, 3.63) is 65.7 Å². The van der Waals surface area contributed by atoms with Crippen LogP contribution in [0.25, 0.3) is 22.6 Å². The minimum absolute atomic E-state index is 0.200. The van der Waals surface area contributed by atoms with Gasteiger partial charge >= 0.3 is 0 Å². The van der Waals surface area contributed by atoms with E-state index >= 15 is 0 Å². The molecule has 0 radical (unpaired) electrons. The molecule has 4 rings (SSSR count). The fourth-order valence-electron chi connectivity index (χ4n) is 2.90. The maximum atomic E-state index is 12.4. The number of anilines is 1. The Bertz CT molecular complexity index is 1040. The largest absolute Gasteiger partial charge is 0.337 e. The first-order valence-electron chi connectivity index (χ1n) is 8.64. The van der Waals surface area contributed by atoms with Gasteiger partial charge in [0.05, 0.1) is 11.0 Å². The number of amides is 1. The second-order valence-electron chi connectivity index (χ2n) is 6.66. The molecule has 27 heavy (non-hydrogen) atoms. The Morgan fingerprint density at radius 2 is 1.89 bits per heavy atom. The van der Waals surface area contributed by atoms with Crippen LogP contribution >= 0.6 is 0 Å². The first kappa shape index (κ1) is 17.0. The van der Waals surface area contributed by atoms with Crippen LogP contribution in [0.5, 0.6) is 0 Å². The summed E-state index contributed by atoms with van der Waals surface area (Å²) >= 11 is 0. The quantitative estimate of drug-likeness (QED) is 0.509. The lowest BCUT2D eigenvalue weighted by molar-refractivity contribution is 0.102. The highest BCUT2D eigenvalue weighted by atomic mass is 16.1. The normalized spacial score (nSPS) is 11.2. The van der Waals surface area contributed by atoms with Crippen molar-refractivity contribution in [1.82, 2.24) is 25.1 Å². The third kappa shape index (κ3) is 3.73. The van der Waals surface area contributed by atoms with Crippen LogP contribution in [0.15, 0.2) is 54.6 Å². The average Bonchev–Trinajstić information content (AvgIpc) is 3.28. The number of aromatic amines is 2. The van der Waals surface area contributed by atoms with Crippen LogP contribution in [-0.4, -0.2) is 45.1 Å². The van der Waals surface area contributed by atoms with Gasteiger partial charge in [0.25, 0.3) is 5.91 Å². The van der Waals surface area contributed by atoms with Crippen molar-refractivity contribution in [2.45, 2.75) is 6.54 Å². The maximum Gasteiger partial charge on any atom is 0.256 e. The molecule has 3 N–H and O–H groups in total. The van der Waals surface area contributed by atoms with E-state index < -0.39 is 0 Å². The highest BCUT2D eigenvalue weighted by Crippen LogP contribution is 2.21. The van der Waals surface area contributed by atoms with Crippen LogP contribution < -0.4 is 5.32 Å². The van der Waals surface area contributed by atoms with Crippen molar-refractivity contribution in [3.63, 3.8) is 0 Å². The van der Waals surface area contributed by atoms with Gasteiger partial charge in [0.15, 0.2) is 11.6 Å². The predicted octanol–water partition coefficient (Wildman–Crippen LogP) is 3.27. The fourth-order valence-corrected chi connectivity index (χ4v) is 2.90. The molecule has 1 amide bonds. The number of nitrogens with one attached hydrogen (secondary N) is 3. The van der Waals surface area contributed by atoms with Gasteiger partial charge in [-0.05, 0) is 43.9 Å². The van der Waals surface area contributed by atoms with Gasteiger partial charge in [-0.3, -0.25) is 9.89 Å². The molecule has 0 aliphatic rings. The molecule has 7 nitrogen and oxygen atoms in total. The van der Waals surface area contributed by atoms with E-state index in [9.17, 15) is 4.79 Å². The van der Waals surface area contributed by atoms with Gasteiger partial charge in [-0.25, -0.2) is 4.98 Å². The molecule has 136 valence electrons. The summed E-state index contributed by atoms with van der Waals surface area (Å²) in [5.41, 5.74) is 4.29.